The Kier molecular flexibility index (Phi) is 7.49. The van der Waals surface area contributed by atoms with Crippen molar-refractivity contribution in [2.24, 2.45) is 0 Å². The molecule has 0 radical (unpaired) electrons. The van der Waals surface area contributed by atoms with E-state index >= 15 is 0 Å². The number of nitrogens with zero attached hydrogens (tertiary/aromatic N) is 2. The molecule has 0 aliphatic heterocycles. The number of rotatable bonds is 4. The Morgan fingerprint density at radius 2 is 1.38 bits per heavy atom. The fourth-order valence-electron chi connectivity index (χ4n) is 3.23. The molecule has 0 fully saturated rings. The number of ether oxygens (including phenoxy) is 2. The number of benzene rings is 2. The number of aromatic nitrogens is 2. The molecule has 2 heterocycles. The molecule has 0 bridgehead atoms. The van der Waals surface area contributed by atoms with Crippen molar-refractivity contribution in [2.75, 3.05) is 14.2 Å². The molecule has 0 N–H and O–H groups in total. The average molecular weight is 434 g/mol. The summed E-state index contributed by atoms with van der Waals surface area (Å²) in [7, 11) is 3.14. The molecule has 2 aromatic carbocycles. The molecule has 0 unspecified atom stereocenters. The summed E-state index contributed by atoms with van der Waals surface area (Å²) in [5, 5.41) is 0. The highest BCUT2D eigenvalue weighted by molar-refractivity contribution is 5.71. The second-order valence-corrected chi connectivity index (χ2v) is 7.09. The highest BCUT2D eigenvalue weighted by Gasteiger charge is 2.09. The minimum Gasteiger partial charge on any atom is -0.495 e. The van der Waals surface area contributed by atoms with Crippen molar-refractivity contribution in [3.05, 3.63) is 95.9 Å². The van der Waals surface area contributed by atoms with Crippen LogP contribution >= 0.6 is 0 Å². The molecule has 0 saturated heterocycles. The second kappa shape index (κ2) is 10.5. The van der Waals surface area contributed by atoms with E-state index in [1.54, 1.807) is 44.9 Å². The Morgan fingerprint density at radius 3 is 2.03 bits per heavy atom. The quantitative estimate of drug-likeness (QED) is 0.372. The summed E-state index contributed by atoms with van der Waals surface area (Å²) in [4.78, 5) is 8.15. The van der Waals surface area contributed by atoms with Crippen molar-refractivity contribution in [3.8, 4) is 33.9 Å². The second-order valence-electron chi connectivity index (χ2n) is 7.09. The van der Waals surface area contributed by atoms with Crippen molar-refractivity contribution in [1.29, 1.82) is 0 Å². The topological polar surface area (TPSA) is 44.2 Å². The molecule has 0 atom stereocenters. The molecule has 0 aliphatic rings. The van der Waals surface area contributed by atoms with E-state index in [1.165, 1.54) is 24.3 Å². The Balaban J connectivity index is 0.000000181. The summed E-state index contributed by atoms with van der Waals surface area (Å²) in [5.74, 6) is 0.673. The van der Waals surface area contributed by atoms with E-state index in [1.807, 2.05) is 32.0 Å². The van der Waals surface area contributed by atoms with E-state index in [4.69, 9.17) is 9.47 Å². The van der Waals surface area contributed by atoms with Crippen LogP contribution in [0.2, 0.25) is 0 Å². The Hall–Kier alpha value is -3.80. The molecule has 0 aliphatic carbocycles. The van der Waals surface area contributed by atoms with Crippen LogP contribution in [0.15, 0.2) is 73.2 Å². The lowest BCUT2D eigenvalue weighted by Crippen LogP contribution is -1.93. The molecular weight excluding hydrogens is 410 g/mol. The van der Waals surface area contributed by atoms with E-state index in [2.05, 4.69) is 9.97 Å². The summed E-state index contributed by atoms with van der Waals surface area (Å²) in [6.45, 7) is 3.87. The maximum Gasteiger partial charge on any atom is 0.221 e. The van der Waals surface area contributed by atoms with Gasteiger partial charge in [0.15, 0.2) is 0 Å². The van der Waals surface area contributed by atoms with Crippen molar-refractivity contribution in [2.45, 2.75) is 13.8 Å². The summed E-state index contributed by atoms with van der Waals surface area (Å²) < 4.78 is 36.6. The van der Waals surface area contributed by atoms with Gasteiger partial charge in [0, 0.05) is 23.5 Å². The normalized spacial score (nSPS) is 10.2. The van der Waals surface area contributed by atoms with Gasteiger partial charge < -0.3 is 9.47 Å². The van der Waals surface area contributed by atoms with Crippen molar-refractivity contribution < 1.29 is 18.3 Å². The van der Waals surface area contributed by atoms with Gasteiger partial charge in [0.1, 0.15) is 17.4 Å². The van der Waals surface area contributed by atoms with Gasteiger partial charge in [0.2, 0.25) is 5.88 Å². The Labute approximate surface area is 186 Å². The molecule has 4 nitrogen and oxygen atoms in total. The van der Waals surface area contributed by atoms with Gasteiger partial charge in [-0.2, -0.15) is 0 Å². The first-order chi connectivity index (χ1) is 15.4. The Bertz CT molecular complexity index is 1210. The van der Waals surface area contributed by atoms with E-state index < -0.39 is 0 Å². The zero-order valence-corrected chi connectivity index (χ0v) is 18.4. The number of hydrogen-bond acceptors (Lipinski definition) is 4. The SMILES string of the molecule is COc1cncc(-c2cc(F)ccc2C)c1.COc1ncccc1-c1cc(F)ccc1C. The summed E-state index contributed by atoms with van der Waals surface area (Å²) in [6, 6.07) is 14.9. The van der Waals surface area contributed by atoms with Crippen LogP contribution in [-0.2, 0) is 0 Å². The lowest BCUT2D eigenvalue weighted by atomic mass is 10.0. The standard InChI is InChI=1S/2C13H12FNO/c1-9-3-4-11(14)6-13(9)10-5-12(16-2)8-15-7-10;1-9-5-6-10(14)8-12(9)11-4-3-7-15-13(11)16-2/h2*3-8H,1-2H3. The van der Waals surface area contributed by atoms with Gasteiger partial charge in [0.05, 0.1) is 20.4 Å². The fraction of sp³-hybridized carbons (Fsp3) is 0.154. The molecule has 0 saturated carbocycles. The largest absolute Gasteiger partial charge is 0.495 e. The smallest absolute Gasteiger partial charge is 0.221 e. The molecule has 32 heavy (non-hydrogen) atoms. The van der Waals surface area contributed by atoms with Crippen LogP contribution in [0.25, 0.3) is 22.3 Å². The summed E-state index contributed by atoms with van der Waals surface area (Å²) >= 11 is 0. The highest BCUT2D eigenvalue weighted by Crippen LogP contribution is 2.30. The number of hydrogen-bond donors (Lipinski definition) is 0. The number of pyridine rings is 2. The van der Waals surface area contributed by atoms with Crippen LogP contribution in [0.1, 0.15) is 11.1 Å². The van der Waals surface area contributed by atoms with Gasteiger partial charge in [-0.25, -0.2) is 13.8 Å². The van der Waals surface area contributed by atoms with E-state index in [9.17, 15) is 8.78 Å². The van der Waals surface area contributed by atoms with Crippen LogP contribution in [0.4, 0.5) is 8.78 Å². The van der Waals surface area contributed by atoms with Crippen LogP contribution in [-0.4, -0.2) is 24.2 Å². The van der Waals surface area contributed by atoms with Gasteiger partial charge >= 0.3 is 0 Å². The summed E-state index contributed by atoms with van der Waals surface area (Å²) in [6.07, 6.45) is 4.97. The third-order valence-corrected chi connectivity index (χ3v) is 4.91. The lowest BCUT2D eigenvalue weighted by Gasteiger charge is -2.09. The third-order valence-electron chi connectivity index (χ3n) is 4.91. The van der Waals surface area contributed by atoms with E-state index in [0.29, 0.717) is 11.6 Å². The van der Waals surface area contributed by atoms with Crippen molar-refractivity contribution in [3.63, 3.8) is 0 Å². The third kappa shape index (κ3) is 5.46. The number of halogens is 2. The summed E-state index contributed by atoms with van der Waals surface area (Å²) in [5.41, 5.74) is 5.32. The molecule has 4 aromatic rings. The van der Waals surface area contributed by atoms with Crippen molar-refractivity contribution >= 4 is 0 Å². The molecule has 164 valence electrons. The minimum atomic E-state index is -0.258. The van der Waals surface area contributed by atoms with E-state index in [0.717, 1.165) is 33.4 Å². The zero-order chi connectivity index (χ0) is 23.1. The van der Waals surface area contributed by atoms with Crippen LogP contribution in [0, 0.1) is 25.5 Å². The van der Waals surface area contributed by atoms with Crippen molar-refractivity contribution in [1.82, 2.24) is 9.97 Å². The molecule has 4 rings (SSSR count). The maximum absolute atomic E-state index is 13.2. The molecule has 6 heteroatoms. The Morgan fingerprint density at radius 1 is 0.719 bits per heavy atom. The molecule has 2 aromatic heterocycles. The zero-order valence-electron chi connectivity index (χ0n) is 18.4. The minimum absolute atomic E-state index is 0.247. The maximum atomic E-state index is 13.2. The monoisotopic (exact) mass is 434 g/mol. The van der Waals surface area contributed by atoms with Gasteiger partial charge in [-0.3, -0.25) is 4.98 Å². The first-order valence-electron chi connectivity index (χ1n) is 9.94. The van der Waals surface area contributed by atoms with Gasteiger partial charge in [0.25, 0.3) is 0 Å². The predicted octanol–water partition coefficient (Wildman–Crippen LogP) is 6.41. The molecular formula is C26H24F2N2O2. The fourth-order valence-corrected chi connectivity index (χ4v) is 3.23. The van der Waals surface area contributed by atoms with Crippen LogP contribution < -0.4 is 9.47 Å². The average Bonchev–Trinajstić information content (AvgIpc) is 2.82. The van der Waals surface area contributed by atoms with Gasteiger partial charge in [-0.1, -0.05) is 12.1 Å². The molecule has 0 spiro atoms. The predicted molar refractivity (Wildman–Crippen MR) is 122 cm³/mol. The van der Waals surface area contributed by atoms with E-state index in [-0.39, 0.29) is 11.6 Å². The van der Waals surface area contributed by atoms with Gasteiger partial charge in [-0.15, -0.1) is 0 Å². The number of aryl methyl sites for hydroxylation is 2. The lowest BCUT2D eigenvalue weighted by molar-refractivity contribution is 0.399. The van der Waals surface area contributed by atoms with Crippen LogP contribution in [0.3, 0.4) is 0 Å². The first-order valence-corrected chi connectivity index (χ1v) is 9.94. The molecule has 0 amide bonds. The van der Waals surface area contributed by atoms with Gasteiger partial charge in [-0.05, 0) is 78.6 Å². The first kappa shape index (κ1) is 22.9. The number of methoxy groups -OCH3 is 2. The highest BCUT2D eigenvalue weighted by atomic mass is 19.1. The van der Waals surface area contributed by atoms with Crippen LogP contribution in [0.5, 0.6) is 11.6 Å².